The lowest BCUT2D eigenvalue weighted by molar-refractivity contribution is -0.290. The van der Waals surface area contributed by atoms with Gasteiger partial charge in [-0.15, -0.1) is 0 Å². The molecule has 0 aromatic heterocycles. The lowest BCUT2D eigenvalue weighted by atomic mass is 9.95. The smallest absolute Gasteiger partial charge is 0.408 e. The van der Waals surface area contributed by atoms with Crippen molar-refractivity contribution in [2.75, 3.05) is 20.4 Å². The average Bonchev–Trinajstić information content (AvgIpc) is 2.89. The van der Waals surface area contributed by atoms with Gasteiger partial charge in [-0.2, -0.15) is 13.2 Å². The molecule has 0 N–H and O–H groups in total. The Balaban J connectivity index is 2.50. The first-order valence-electron chi connectivity index (χ1n) is 9.82. The highest BCUT2D eigenvalue weighted by Crippen LogP contribution is 2.52. The molecule has 0 aromatic carbocycles. The Kier molecular flexibility index (Phi) is 7.36. The van der Waals surface area contributed by atoms with Crippen LogP contribution in [0, 0.1) is 0 Å². The fourth-order valence-electron chi connectivity index (χ4n) is 3.37. The number of hydrogen-bond donors (Lipinski definition) is 0. The van der Waals surface area contributed by atoms with Gasteiger partial charge in [0, 0.05) is 14.2 Å². The van der Waals surface area contributed by atoms with E-state index < -0.39 is 64.6 Å². The van der Waals surface area contributed by atoms with Crippen LogP contribution in [0.4, 0.5) is 13.2 Å². The lowest BCUT2D eigenvalue weighted by Gasteiger charge is -2.48. The number of hydrogen-bond acceptors (Lipinski definition) is 7. The third-order valence-electron chi connectivity index (χ3n) is 5.99. The molecule has 0 aliphatic carbocycles. The van der Waals surface area contributed by atoms with Gasteiger partial charge in [0.05, 0.1) is 12.3 Å². The van der Waals surface area contributed by atoms with Crippen molar-refractivity contribution < 1.29 is 45.4 Å². The summed E-state index contributed by atoms with van der Waals surface area (Å²) in [6, 6.07) is 0. The van der Waals surface area contributed by atoms with Gasteiger partial charge >= 0.3 is 13.8 Å². The highest BCUT2D eigenvalue weighted by molar-refractivity contribution is 7.53. The summed E-state index contributed by atoms with van der Waals surface area (Å²) >= 11 is 0. The van der Waals surface area contributed by atoms with Crippen molar-refractivity contribution in [3.05, 3.63) is 0 Å². The van der Waals surface area contributed by atoms with E-state index in [0.29, 0.717) is 0 Å². The van der Waals surface area contributed by atoms with E-state index in [1.807, 2.05) is 33.9 Å². The van der Waals surface area contributed by atoms with E-state index in [2.05, 4.69) is 0 Å². The largest absolute Gasteiger partial charge is 0.417 e. The number of fused-ring (bicyclic) bond motifs is 1. The molecule has 2 saturated heterocycles. The first-order valence-corrected chi connectivity index (χ1v) is 14.5. The second-order valence-electron chi connectivity index (χ2n) is 9.70. The fraction of sp³-hybridized carbons (Fsp3) is 1.00. The van der Waals surface area contributed by atoms with Crippen LogP contribution in [0.15, 0.2) is 0 Å². The van der Waals surface area contributed by atoms with E-state index >= 15 is 0 Å². The number of rotatable bonds is 6. The number of ether oxygens (including phenoxy) is 3. The van der Waals surface area contributed by atoms with Crippen molar-refractivity contribution in [3.8, 4) is 0 Å². The van der Waals surface area contributed by atoms with Crippen molar-refractivity contribution in [2.45, 2.75) is 95.2 Å². The van der Waals surface area contributed by atoms with E-state index in [0.717, 1.165) is 0 Å². The summed E-state index contributed by atoms with van der Waals surface area (Å²) in [6.07, 6.45) is -12.0. The van der Waals surface area contributed by atoms with Crippen LogP contribution in [0.1, 0.15) is 34.6 Å². The first-order chi connectivity index (χ1) is 13.4. The molecule has 0 radical (unpaired) electrons. The summed E-state index contributed by atoms with van der Waals surface area (Å²) in [5.74, 6) is -1.25. The first kappa shape index (κ1) is 26.3. The summed E-state index contributed by atoms with van der Waals surface area (Å²) in [4.78, 5) is 0. The Hall–Kier alpha value is -0.00312. The molecule has 2 heterocycles. The molecule has 0 aromatic rings. The van der Waals surface area contributed by atoms with Gasteiger partial charge in [-0.1, -0.05) is 20.8 Å². The van der Waals surface area contributed by atoms with Crippen LogP contribution in [-0.4, -0.2) is 71.2 Å². The fourth-order valence-corrected chi connectivity index (χ4v) is 5.88. The van der Waals surface area contributed by atoms with E-state index in [-0.39, 0.29) is 5.04 Å². The molecule has 178 valence electrons. The topological polar surface area (TPSA) is 72.5 Å². The number of halogens is 3. The maximum atomic E-state index is 13.8. The second kappa shape index (κ2) is 8.41. The minimum Gasteiger partial charge on any atom is -0.408 e. The lowest BCUT2D eigenvalue weighted by Crippen LogP contribution is -2.64. The van der Waals surface area contributed by atoms with Gasteiger partial charge in [-0.3, -0.25) is 4.57 Å². The SMILES string of the molecule is COP(=O)(C[C@H]1O[C@@H](C(F)(F)F)[C@H]2OC(C)(C)O[C@H]2[C@@H]1O[Si](C)(C)C(C)(C)C)OC. The summed E-state index contributed by atoms with van der Waals surface area (Å²) in [5.41, 5.74) is 0. The van der Waals surface area contributed by atoms with Crippen LogP contribution < -0.4 is 0 Å². The molecule has 0 unspecified atom stereocenters. The molecule has 0 bridgehead atoms. The minimum absolute atomic E-state index is 0.227. The van der Waals surface area contributed by atoms with Crippen molar-refractivity contribution in [1.29, 1.82) is 0 Å². The highest BCUT2D eigenvalue weighted by Gasteiger charge is 2.64. The zero-order chi connectivity index (χ0) is 23.3. The Morgan fingerprint density at radius 2 is 1.53 bits per heavy atom. The van der Waals surface area contributed by atoms with E-state index in [1.165, 1.54) is 14.2 Å². The predicted molar refractivity (Wildman–Crippen MR) is 107 cm³/mol. The Morgan fingerprint density at radius 1 is 1.03 bits per heavy atom. The molecule has 5 atom stereocenters. The maximum Gasteiger partial charge on any atom is 0.417 e. The van der Waals surface area contributed by atoms with Crippen LogP contribution in [0.25, 0.3) is 0 Å². The van der Waals surface area contributed by atoms with E-state index in [1.54, 1.807) is 13.8 Å². The normalized spacial score (nSPS) is 32.9. The predicted octanol–water partition coefficient (Wildman–Crippen LogP) is 4.71. The summed E-state index contributed by atoms with van der Waals surface area (Å²) in [7, 11) is -3.81. The molecule has 0 spiro atoms. The van der Waals surface area contributed by atoms with Crippen molar-refractivity contribution >= 4 is 15.9 Å². The van der Waals surface area contributed by atoms with Gasteiger partial charge in [0.2, 0.25) is 0 Å². The summed E-state index contributed by atoms with van der Waals surface area (Å²) in [6.45, 7) is 13.1. The van der Waals surface area contributed by atoms with E-state index in [4.69, 9.17) is 27.7 Å². The molecule has 12 heteroatoms. The van der Waals surface area contributed by atoms with Gasteiger partial charge in [-0.25, -0.2) is 0 Å². The van der Waals surface area contributed by atoms with Crippen molar-refractivity contribution in [2.24, 2.45) is 0 Å². The van der Waals surface area contributed by atoms with Gasteiger partial charge in [-0.05, 0) is 32.0 Å². The molecule has 0 amide bonds. The van der Waals surface area contributed by atoms with Crippen LogP contribution in [0.5, 0.6) is 0 Å². The molecule has 7 nitrogen and oxygen atoms in total. The standard InChI is InChI=1S/C18H34F3O7PSi/c1-16(2,3)30(8,9)28-12-11(10-29(22,23-6)24-7)25-15(18(19,20)21)14-13(12)26-17(4,5)27-14/h11-15H,10H2,1-9H3/t11-,12-,13+,14+,15-/m1/s1. The second-order valence-corrected chi connectivity index (χ2v) is 16.8. The molecule has 0 saturated carbocycles. The Morgan fingerprint density at radius 3 is 1.97 bits per heavy atom. The van der Waals surface area contributed by atoms with Crippen molar-refractivity contribution in [1.82, 2.24) is 0 Å². The Labute approximate surface area is 177 Å². The Bertz CT molecular complexity index is 657. The zero-order valence-corrected chi connectivity index (χ0v) is 20.9. The molecular weight excluding hydrogens is 444 g/mol. The summed E-state index contributed by atoms with van der Waals surface area (Å²) in [5, 5.41) is -0.227. The molecule has 2 aliphatic heterocycles. The molecular formula is C18H34F3O7PSi. The summed E-state index contributed by atoms with van der Waals surface area (Å²) < 4.78 is 87.6. The van der Waals surface area contributed by atoms with Gasteiger partial charge in [0.1, 0.15) is 18.3 Å². The van der Waals surface area contributed by atoms with Gasteiger partial charge < -0.3 is 27.7 Å². The van der Waals surface area contributed by atoms with Crippen LogP contribution in [0.3, 0.4) is 0 Å². The van der Waals surface area contributed by atoms with Gasteiger partial charge in [0.15, 0.2) is 20.2 Å². The van der Waals surface area contributed by atoms with Crippen LogP contribution in [0.2, 0.25) is 18.1 Å². The molecule has 30 heavy (non-hydrogen) atoms. The average molecular weight is 479 g/mol. The minimum atomic E-state index is -4.71. The number of alkyl halides is 3. The van der Waals surface area contributed by atoms with Crippen LogP contribution in [-0.2, 0) is 32.2 Å². The van der Waals surface area contributed by atoms with Gasteiger partial charge in [0.25, 0.3) is 0 Å². The van der Waals surface area contributed by atoms with Crippen LogP contribution >= 0.6 is 7.60 Å². The van der Waals surface area contributed by atoms with Crippen molar-refractivity contribution in [3.63, 3.8) is 0 Å². The molecule has 2 aliphatic rings. The highest BCUT2D eigenvalue weighted by atomic mass is 31.2. The van der Waals surface area contributed by atoms with E-state index in [9.17, 15) is 17.7 Å². The quantitative estimate of drug-likeness (QED) is 0.404. The maximum absolute atomic E-state index is 13.8. The molecule has 2 fully saturated rings. The third kappa shape index (κ3) is 5.48. The zero-order valence-electron chi connectivity index (χ0n) is 19.0. The molecule has 2 rings (SSSR count). The third-order valence-corrected chi connectivity index (χ3v) is 12.4. The monoisotopic (exact) mass is 478 g/mol.